The molecule has 1 aliphatic heterocycles. The summed E-state index contributed by atoms with van der Waals surface area (Å²) in [5.74, 6) is -0.101. The van der Waals surface area contributed by atoms with Gasteiger partial charge >= 0.3 is 0 Å². The predicted octanol–water partition coefficient (Wildman–Crippen LogP) is 0.204. The third-order valence-corrected chi connectivity index (χ3v) is 3.11. The first-order valence-corrected chi connectivity index (χ1v) is 6.25. The monoisotopic (exact) mass is 274 g/mol. The molecule has 0 saturated carbocycles. The van der Waals surface area contributed by atoms with E-state index in [4.69, 9.17) is 17.2 Å². The maximum Gasteiger partial charge on any atom is 0.224 e. The Hall–Kier alpha value is -2.57. The molecule has 0 aliphatic carbocycles. The zero-order valence-electron chi connectivity index (χ0n) is 11.5. The maximum atomic E-state index is 11.6. The fraction of sp³-hybridized carbons (Fsp3) is 0.308. The molecule has 106 valence electrons. The lowest BCUT2D eigenvalue weighted by Gasteiger charge is -2.20. The van der Waals surface area contributed by atoms with Gasteiger partial charge in [-0.3, -0.25) is 4.79 Å². The molecule has 20 heavy (non-hydrogen) atoms. The van der Waals surface area contributed by atoms with E-state index in [0.717, 1.165) is 17.7 Å². The molecule has 1 heterocycles. The van der Waals surface area contributed by atoms with Crippen molar-refractivity contribution in [2.24, 2.45) is 27.2 Å². The minimum absolute atomic E-state index is 0.000538. The largest absolute Gasteiger partial charge is 0.370 e. The van der Waals surface area contributed by atoms with Crippen LogP contribution in [0.4, 0.5) is 11.4 Å². The van der Waals surface area contributed by atoms with E-state index in [1.54, 1.807) is 17.9 Å². The number of nitrogens with zero attached hydrogens (tertiary/aromatic N) is 3. The fourth-order valence-electron chi connectivity index (χ4n) is 2.46. The molecule has 2 rings (SSSR count). The Morgan fingerprint density at radius 2 is 2.05 bits per heavy atom. The van der Waals surface area contributed by atoms with Crippen LogP contribution >= 0.6 is 0 Å². The van der Waals surface area contributed by atoms with E-state index >= 15 is 0 Å². The molecule has 1 aromatic rings. The highest BCUT2D eigenvalue weighted by molar-refractivity contribution is 5.95. The van der Waals surface area contributed by atoms with Crippen LogP contribution in [0.2, 0.25) is 0 Å². The first-order valence-electron chi connectivity index (χ1n) is 6.25. The van der Waals surface area contributed by atoms with Gasteiger partial charge in [0, 0.05) is 18.7 Å². The summed E-state index contributed by atoms with van der Waals surface area (Å²) < 4.78 is 0. The first kappa shape index (κ1) is 13.9. The van der Waals surface area contributed by atoms with Gasteiger partial charge in [0.1, 0.15) is 0 Å². The van der Waals surface area contributed by atoms with Crippen LogP contribution in [-0.4, -0.2) is 23.9 Å². The number of fused-ring (bicyclic) bond motifs is 1. The topological polar surface area (TPSA) is 123 Å². The van der Waals surface area contributed by atoms with Gasteiger partial charge < -0.3 is 22.1 Å². The quantitative estimate of drug-likeness (QED) is 0.500. The lowest BCUT2D eigenvalue weighted by Crippen LogP contribution is -2.33. The maximum absolute atomic E-state index is 11.6. The van der Waals surface area contributed by atoms with Crippen molar-refractivity contribution in [3.63, 3.8) is 0 Å². The van der Waals surface area contributed by atoms with Gasteiger partial charge in [0.15, 0.2) is 5.96 Å². The van der Waals surface area contributed by atoms with Gasteiger partial charge in [-0.1, -0.05) is 0 Å². The van der Waals surface area contributed by atoms with Gasteiger partial charge in [0.2, 0.25) is 11.9 Å². The van der Waals surface area contributed by atoms with Crippen LogP contribution in [-0.2, 0) is 11.2 Å². The third kappa shape index (κ3) is 2.71. The molecule has 6 N–H and O–H groups in total. The molecule has 0 spiro atoms. The van der Waals surface area contributed by atoms with Crippen molar-refractivity contribution in [3.05, 3.63) is 23.8 Å². The first-order chi connectivity index (χ1) is 9.38. The Morgan fingerprint density at radius 3 is 2.65 bits per heavy atom. The number of benzene rings is 1. The van der Waals surface area contributed by atoms with Gasteiger partial charge in [0.25, 0.3) is 0 Å². The predicted molar refractivity (Wildman–Crippen MR) is 79.9 cm³/mol. The lowest BCUT2D eigenvalue weighted by molar-refractivity contribution is -0.116. The summed E-state index contributed by atoms with van der Waals surface area (Å²) in [5, 5.41) is 0. The third-order valence-electron chi connectivity index (χ3n) is 3.11. The van der Waals surface area contributed by atoms with Crippen LogP contribution in [0.1, 0.15) is 19.4 Å². The molecule has 1 aliphatic rings. The molecule has 1 amide bonds. The van der Waals surface area contributed by atoms with Gasteiger partial charge in [-0.25, -0.2) is 4.99 Å². The van der Waals surface area contributed by atoms with E-state index in [-0.39, 0.29) is 23.9 Å². The lowest BCUT2D eigenvalue weighted by atomic mass is 10.1. The van der Waals surface area contributed by atoms with Crippen molar-refractivity contribution < 1.29 is 4.79 Å². The number of aliphatic imine (C=N–C) groups is 2. The summed E-state index contributed by atoms with van der Waals surface area (Å²) in [4.78, 5) is 21.2. The molecular formula is C13H18N6O. The van der Waals surface area contributed by atoms with Crippen LogP contribution < -0.4 is 22.1 Å². The Balaban J connectivity index is 2.34. The van der Waals surface area contributed by atoms with Crippen molar-refractivity contribution in [1.82, 2.24) is 0 Å². The van der Waals surface area contributed by atoms with E-state index in [1.165, 1.54) is 0 Å². The summed E-state index contributed by atoms with van der Waals surface area (Å²) in [5.41, 5.74) is 18.7. The average Bonchev–Trinajstić information content (AvgIpc) is 2.62. The molecule has 7 heteroatoms. The van der Waals surface area contributed by atoms with E-state index in [0.29, 0.717) is 5.69 Å². The molecule has 0 radical (unpaired) electrons. The molecule has 1 atom stereocenters. The summed E-state index contributed by atoms with van der Waals surface area (Å²) in [6.45, 7) is 3.58. The Bertz CT molecular complexity index is 603. The van der Waals surface area contributed by atoms with Crippen molar-refractivity contribution in [2.75, 3.05) is 4.90 Å². The van der Waals surface area contributed by atoms with Crippen molar-refractivity contribution in [1.29, 1.82) is 0 Å². The highest BCUT2D eigenvalue weighted by Gasteiger charge is 2.28. The molecule has 1 unspecified atom stereocenters. The van der Waals surface area contributed by atoms with Crippen molar-refractivity contribution >= 4 is 29.2 Å². The zero-order valence-corrected chi connectivity index (χ0v) is 11.5. The summed E-state index contributed by atoms with van der Waals surface area (Å²) in [7, 11) is 0. The molecular weight excluding hydrogens is 256 g/mol. The number of carbonyl (C=O) groups is 1. The van der Waals surface area contributed by atoms with Gasteiger partial charge in [-0.15, -0.1) is 0 Å². The fourth-order valence-corrected chi connectivity index (χ4v) is 2.46. The van der Waals surface area contributed by atoms with Crippen LogP contribution in [0.15, 0.2) is 28.2 Å². The van der Waals surface area contributed by atoms with Crippen LogP contribution in [0.25, 0.3) is 0 Å². The number of rotatable bonds is 1. The highest BCUT2D eigenvalue weighted by Crippen LogP contribution is 2.34. The number of nitrogens with two attached hydrogens (primary N) is 3. The number of anilines is 1. The zero-order chi connectivity index (χ0) is 14.9. The van der Waals surface area contributed by atoms with Gasteiger partial charge in [-0.05, 0) is 37.1 Å². The summed E-state index contributed by atoms with van der Waals surface area (Å²) >= 11 is 0. The normalized spacial score (nSPS) is 17.8. The number of hydrogen-bond acceptors (Lipinski definition) is 2. The number of carbonyl (C=O) groups excluding carboxylic acids is 1. The van der Waals surface area contributed by atoms with Crippen LogP contribution in [0.3, 0.4) is 0 Å². The second-order valence-electron chi connectivity index (χ2n) is 4.76. The minimum Gasteiger partial charge on any atom is -0.370 e. The van der Waals surface area contributed by atoms with Crippen LogP contribution in [0, 0.1) is 0 Å². The number of hydrogen-bond donors (Lipinski definition) is 3. The molecule has 0 aromatic heterocycles. The van der Waals surface area contributed by atoms with Gasteiger partial charge in [-0.2, -0.15) is 4.99 Å². The second kappa shape index (κ2) is 5.20. The Kier molecular flexibility index (Phi) is 3.60. The Labute approximate surface area is 117 Å². The van der Waals surface area contributed by atoms with E-state index in [2.05, 4.69) is 9.98 Å². The standard InChI is InChI=1S/C13H18N6O/c1-7-5-9-6-10(17-13(16)18-12(14)15)3-4-11(9)19(7)8(2)20/h3-4,6-7H,5H2,1-2H3,(H6,14,15,16,17,18). The molecule has 0 bridgehead atoms. The summed E-state index contributed by atoms with van der Waals surface area (Å²) in [6, 6.07) is 5.69. The van der Waals surface area contributed by atoms with E-state index in [9.17, 15) is 4.79 Å². The average molecular weight is 274 g/mol. The number of guanidine groups is 2. The molecule has 7 nitrogen and oxygen atoms in total. The van der Waals surface area contributed by atoms with E-state index < -0.39 is 0 Å². The molecule has 0 saturated heterocycles. The second-order valence-corrected chi connectivity index (χ2v) is 4.76. The van der Waals surface area contributed by atoms with Crippen molar-refractivity contribution in [3.8, 4) is 0 Å². The molecule has 0 fully saturated rings. The highest BCUT2D eigenvalue weighted by atomic mass is 16.2. The van der Waals surface area contributed by atoms with E-state index in [1.807, 2.05) is 19.1 Å². The number of amides is 1. The van der Waals surface area contributed by atoms with Crippen molar-refractivity contribution in [2.45, 2.75) is 26.3 Å². The molecule has 1 aromatic carbocycles. The Morgan fingerprint density at radius 1 is 1.35 bits per heavy atom. The SMILES string of the molecule is CC(=O)N1c2ccc(N=C(N)N=C(N)N)cc2CC1C. The smallest absolute Gasteiger partial charge is 0.224 e. The summed E-state index contributed by atoms with van der Waals surface area (Å²) in [6.07, 6.45) is 0.792. The van der Waals surface area contributed by atoms with Gasteiger partial charge in [0.05, 0.1) is 5.69 Å². The minimum atomic E-state index is -0.135. The van der Waals surface area contributed by atoms with Crippen LogP contribution in [0.5, 0.6) is 0 Å².